The van der Waals surface area contributed by atoms with Gasteiger partial charge < -0.3 is 24.8 Å². The molecule has 114 valence electrons. The standard InChI is InChI=1S/C15H26N2O3/c1-18-11-10-17-9-8-16-7-6-13-4-5-14(19-2)15(12-13)20-3/h4-5,12,16-17H,6-11H2,1-3H3. The van der Waals surface area contributed by atoms with Crippen LogP contribution in [-0.4, -0.2) is 54.1 Å². The fourth-order valence-corrected chi connectivity index (χ4v) is 1.87. The molecule has 0 aliphatic heterocycles. The van der Waals surface area contributed by atoms with Crippen LogP contribution in [0.15, 0.2) is 18.2 Å². The highest BCUT2D eigenvalue weighted by Gasteiger charge is 2.03. The van der Waals surface area contributed by atoms with E-state index in [-0.39, 0.29) is 0 Å². The number of benzene rings is 1. The summed E-state index contributed by atoms with van der Waals surface area (Å²) in [6.07, 6.45) is 0.971. The van der Waals surface area contributed by atoms with E-state index in [0.717, 1.165) is 50.7 Å². The van der Waals surface area contributed by atoms with E-state index in [1.54, 1.807) is 21.3 Å². The zero-order valence-electron chi connectivity index (χ0n) is 12.7. The van der Waals surface area contributed by atoms with Crippen molar-refractivity contribution in [1.29, 1.82) is 0 Å². The Kier molecular flexibility index (Phi) is 8.78. The second kappa shape index (κ2) is 10.5. The van der Waals surface area contributed by atoms with Crippen molar-refractivity contribution >= 4 is 0 Å². The molecule has 0 spiro atoms. The van der Waals surface area contributed by atoms with E-state index in [2.05, 4.69) is 16.7 Å². The van der Waals surface area contributed by atoms with Crippen molar-refractivity contribution in [2.24, 2.45) is 0 Å². The minimum Gasteiger partial charge on any atom is -0.493 e. The third-order valence-corrected chi connectivity index (χ3v) is 3.00. The Balaban J connectivity index is 2.18. The highest BCUT2D eigenvalue weighted by molar-refractivity contribution is 5.42. The molecule has 0 fully saturated rings. The molecule has 1 aromatic rings. The first-order valence-corrected chi connectivity index (χ1v) is 6.93. The van der Waals surface area contributed by atoms with Gasteiger partial charge in [0.25, 0.3) is 0 Å². The molecule has 0 heterocycles. The number of ether oxygens (including phenoxy) is 3. The molecule has 0 aromatic heterocycles. The van der Waals surface area contributed by atoms with Crippen molar-refractivity contribution in [2.45, 2.75) is 6.42 Å². The summed E-state index contributed by atoms with van der Waals surface area (Å²) in [6.45, 7) is 4.51. The van der Waals surface area contributed by atoms with Crippen LogP contribution in [0.4, 0.5) is 0 Å². The summed E-state index contributed by atoms with van der Waals surface area (Å²) in [5.74, 6) is 1.55. The van der Waals surface area contributed by atoms with Crippen LogP contribution in [-0.2, 0) is 11.2 Å². The maximum Gasteiger partial charge on any atom is 0.160 e. The molecule has 0 radical (unpaired) electrons. The lowest BCUT2D eigenvalue weighted by Gasteiger charge is -2.10. The van der Waals surface area contributed by atoms with Crippen molar-refractivity contribution in [3.8, 4) is 11.5 Å². The number of hydrogen-bond acceptors (Lipinski definition) is 5. The fraction of sp³-hybridized carbons (Fsp3) is 0.600. The lowest BCUT2D eigenvalue weighted by molar-refractivity contribution is 0.199. The third-order valence-electron chi connectivity index (χ3n) is 3.00. The van der Waals surface area contributed by atoms with Crippen LogP contribution in [0.25, 0.3) is 0 Å². The van der Waals surface area contributed by atoms with Crippen molar-refractivity contribution < 1.29 is 14.2 Å². The second-order valence-electron chi connectivity index (χ2n) is 4.43. The van der Waals surface area contributed by atoms with Crippen LogP contribution in [0.1, 0.15) is 5.56 Å². The van der Waals surface area contributed by atoms with Gasteiger partial charge >= 0.3 is 0 Å². The molecule has 1 rings (SSSR count). The number of rotatable bonds is 11. The first-order valence-electron chi connectivity index (χ1n) is 6.93. The van der Waals surface area contributed by atoms with Crippen molar-refractivity contribution in [1.82, 2.24) is 10.6 Å². The third kappa shape index (κ3) is 6.23. The Labute approximate surface area is 121 Å². The number of hydrogen-bond donors (Lipinski definition) is 2. The van der Waals surface area contributed by atoms with E-state index in [9.17, 15) is 0 Å². The summed E-state index contributed by atoms with van der Waals surface area (Å²) in [5.41, 5.74) is 1.24. The normalized spacial score (nSPS) is 10.6. The SMILES string of the molecule is COCCNCCNCCc1ccc(OC)c(OC)c1. The smallest absolute Gasteiger partial charge is 0.160 e. The predicted octanol–water partition coefficient (Wildman–Crippen LogP) is 1.07. The monoisotopic (exact) mass is 282 g/mol. The highest BCUT2D eigenvalue weighted by Crippen LogP contribution is 2.27. The zero-order chi connectivity index (χ0) is 14.6. The molecule has 0 unspecified atom stereocenters. The van der Waals surface area contributed by atoms with E-state index in [4.69, 9.17) is 14.2 Å². The maximum absolute atomic E-state index is 5.29. The van der Waals surface area contributed by atoms with E-state index in [1.807, 2.05) is 12.1 Å². The van der Waals surface area contributed by atoms with Crippen LogP contribution in [0.3, 0.4) is 0 Å². The van der Waals surface area contributed by atoms with Gasteiger partial charge in [0.15, 0.2) is 11.5 Å². The molecule has 5 nitrogen and oxygen atoms in total. The first kappa shape index (κ1) is 16.8. The molecule has 20 heavy (non-hydrogen) atoms. The molecular weight excluding hydrogens is 256 g/mol. The van der Waals surface area contributed by atoms with Crippen LogP contribution < -0.4 is 20.1 Å². The molecule has 1 aromatic carbocycles. The van der Waals surface area contributed by atoms with E-state index >= 15 is 0 Å². The summed E-state index contributed by atoms with van der Waals surface area (Å²) in [5, 5.41) is 6.70. The molecule has 0 aliphatic rings. The molecule has 0 aliphatic carbocycles. The van der Waals surface area contributed by atoms with Crippen molar-refractivity contribution in [3.63, 3.8) is 0 Å². The molecule has 0 atom stereocenters. The van der Waals surface area contributed by atoms with Gasteiger partial charge in [-0.2, -0.15) is 0 Å². The summed E-state index contributed by atoms with van der Waals surface area (Å²) >= 11 is 0. The van der Waals surface area contributed by atoms with E-state index in [1.165, 1.54) is 5.56 Å². The molecule has 0 amide bonds. The van der Waals surface area contributed by atoms with E-state index in [0.29, 0.717) is 0 Å². The Bertz CT molecular complexity index is 372. The van der Waals surface area contributed by atoms with E-state index < -0.39 is 0 Å². The fourth-order valence-electron chi connectivity index (χ4n) is 1.87. The summed E-state index contributed by atoms with van der Waals surface area (Å²) < 4.78 is 15.5. The topological polar surface area (TPSA) is 51.8 Å². The first-order chi connectivity index (χ1) is 9.81. The van der Waals surface area contributed by atoms with Gasteiger partial charge in [-0.1, -0.05) is 6.07 Å². The van der Waals surface area contributed by atoms with Gasteiger partial charge in [0.1, 0.15) is 0 Å². The van der Waals surface area contributed by atoms with Crippen LogP contribution in [0.5, 0.6) is 11.5 Å². The number of nitrogens with one attached hydrogen (secondary N) is 2. The quantitative estimate of drug-likeness (QED) is 0.595. The van der Waals surface area contributed by atoms with Crippen molar-refractivity contribution in [2.75, 3.05) is 54.1 Å². The molecule has 5 heteroatoms. The average molecular weight is 282 g/mol. The number of methoxy groups -OCH3 is 3. The van der Waals surface area contributed by atoms with Crippen molar-refractivity contribution in [3.05, 3.63) is 23.8 Å². The molecule has 0 saturated carbocycles. The van der Waals surface area contributed by atoms with Gasteiger partial charge in [-0.05, 0) is 30.7 Å². The lowest BCUT2D eigenvalue weighted by Crippen LogP contribution is -2.30. The minimum absolute atomic E-state index is 0.756. The summed E-state index contributed by atoms with van der Waals surface area (Å²) in [6, 6.07) is 6.04. The second-order valence-corrected chi connectivity index (χ2v) is 4.43. The van der Waals surface area contributed by atoms with Gasteiger partial charge in [-0.3, -0.25) is 0 Å². The molecular formula is C15H26N2O3. The Morgan fingerprint density at radius 3 is 2.20 bits per heavy atom. The maximum atomic E-state index is 5.29. The Morgan fingerprint density at radius 2 is 1.55 bits per heavy atom. The Hall–Kier alpha value is -1.30. The van der Waals surface area contributed by atoms with Gasteiger partial charge in [0.05, 0.1) is 20.8 Å². The summed E-state index contributed by atoms with van der Waals surface area (Å²) in [7, 11) is 5.02. The minimum atomic E-state index is 0.756. The van der Waals surface area contributed by atoms with Gasteiger partial charge in [0.2, 0.25) is 0 Å². The summed E-state index contributed by atoms with van der Waals surface area (Å²) in [4.78, 5) is 0. The molecule has 2 N–H and O–H groups in total. The van der Waals surface area contributed by atoms with Crippen LogP contribution in [0, 0.1) is 0 Å². The van der Waals surface area contributed by atoms with Gasteiger partial charge in [-0.15, -0.1) is 0 Å². The van der Waals surface area contributed by atoms with Crippen LogP contribution >= 0.6 is 0 Å². The molecule has 0 saturated heterocycles. The lowest BCUT2D eigenvalue weighted by atomic mass is 10.1. The largest absolute Gasteiger partial charge is 0.493 e. The van der Waals surface area contributed by atoms with Gasteiger partial charge in [-0.25, -0.2) is 0 Å². The highest BCUT2D eigenvalue weighted by atomic mass is 16.5. The zero-order valence-corrected chi connectivity index (χ0v) is 12.7. The Morgan fingerprint density at radius 1 is 0.850 bits per heavy atom. The average Bonchev–Trinajstić information content (AvgIpc) is 2.49. The van der Waals surface area contributed by atoms with Gasteiger partial charge in [0, 0.05) is 26.7 Å². The molecule has 0 bridgehead atoms. The predicted molar refractivity (Wildman–Crippen MR) is 80.9 cm³/mol. The van der Waals surface area contributed by atoms with Crippen LogP contribution in [0.2, 0.25) is 0 Å².